The van der Waals surface area contributed by atoms with Crippen molar-refractivity contribution in [2.45, 2.75) is 39.0 Å². The van der Waals surface area contributed by atoms with Crippen molar-refractivity contribution >= 4 is 0 Å². The highest BCUT2D eigenvalue weighted by Crippen LogP contribution is 2.33. The molecule has 0 saturated carbocycles. The van der Waals surface area contributed by atoms with Crippen molar-refractivity contribution in [2.24, 2.45) is 0 Å². The largest absolute Gasteiger partial charge is 0.496 e. The van der Waals surface area contributed by atoms with Gasteiger partial charge in [-0.15, -0.1) is 0 Å². The van der Waals surface area contributed by atoms with E-state index in [1.54, 1.807) is 13.3 Å². The zero-order valence-corrected chi connectivity index (χ0v) is 20.5. The maximum atomic E-state index is 6.28. The number of ether oxygens (including phenoxy) is 2. The standard InChI is InChI=1S/C31H33NO2/c1-22(2)24-9-7-12-27(19-24)29-21-32-17-15-31(29)34-18-16-23(3)25-10-8-11-26(20-25)28-13-5-6-14-30(28)33-4/h5-15,17,19-23H,16,18H2,1-4H3. The molecule has 1 heterocycles. The molecule has 0 radical (unpaired) electrons. The summed E-state index contributed by atoms with van der Waals surface area (Å²) in [5.41, 5.74) is 7.08. The predicted molar refractivity (Wildman–Crippen MR) is 141 cm³/mol. The van der Waals surface area contributed by atoms with Crippen LogP contribution in [0.15, 0.2) is 91.3 Å². The van der Waals surface area contributed by atoms with Gasteiger partial charge in [-0.25, -0.2) is 0 Å². The van der Waals surface area contributed by atoms with Crippen molar-refractivity contribution in [3.05, 3.63) is 102 Å². The van der Waals surface area contributed by atoms with Crippen LogP contribution in [0, 0.1) is 0 Å². The van der Waals surface area contributed by atoms with Gasteiger partial charge in [0.15, 0.2) is 0 Å². The molecule has 0 spiro atoms. The van der Waals surface area contributed by atoms with Gasteiger partial charge in [-0.2, -0.15) is 0 Å². The minimum Gasteiger partial charge on any atom is -0.496 e. The van der Waals surface area contributed by atoms with Crippen molar-refractivity contribution in [1.82, 2.24) is 4.98 Å². The highest BCUT2D eigenvalue weighted by molar-refractivity contribution is 5.71. The summed E-state index contributed by atoms with van der Waals surface area (Å²) in [7, 11) is 1.72. The van der Waals surface area contributed by atoms with Crippen molar-refractivity contribution in [3.63, 3.8) is 0 Å². The number of benzene rings is 3. The highest BCUT2D eigenvalue weighted by atomic mass is 16.5. The van der Waals surface area contributed by atoms with E-state index in [-0.39, 0.29) is 0 Å². The van der Waals surface area contributed by atoms with Crippen LogP contribution in [0.25, 0.3) is 22.3 Å². The molecule has 0 aliphatic rings. The van der Waals surface area contributed by atoms with Gasteiger partial charge < -0.3 is 9.47 Å². The van der Waals surface area contributed by atoms with Gasteiger partial charge in [0.2, 0.25) is 0 Å². The summed E-state index contributed by atoms with van der Waals surface area (Å²) in [6.45, 7) is 7.32. The van der Waals surface area contributed by atoms with E-state index in [0.29, 0.717) is 18.4 Å². The summed E-state index contributed by atoms with van der Waals surface area (Å²) in [5, 5.41) is 0. The van der Waals surface area contributed by atoms with Crippen LogP contribution in [-0.2, 0) is 0 Å². The van der Waals surface area contributed by atoms with Crippen LogP contribution < -0.4 is 9.47 Å². The molecule has 0 N–H and O–H groups in total. The van der Waals surface area contributed by atoms with Crippen LogP contribution in [0.3, 0.4) is 0 Å². The van der Waals surface area contributed by atoms with Crippen molar-refractivity contribution < 1.29 is 9.47 Å². The number of rotatable bonds is 9. The van der Waals surface area contributed by atoms with Gasteiger partial charge in [0.1, 0.15) is 11.5 Å². The molecule has 4 rings (SSSR count). The Bertz CT molecular complexity index is 1230. The Morgan fingerprint density at radius 2 is 1.44 bits per heavy atom. The second-order valence-electron chi connectivity index (χ2n) is 9.02. The lowest BCUT2D eigenvalue weighted by Crippen LogP contribution is -2.04. The van der Waals surface area contributed by atoms with Crippen LogP contribution in [0.1, 0.15) is 50.2 Å². The van der Waals surface area contributed by atoms with Crippen LogP contribution in [0.4, 0.5) is 0 Å². The Labute approximate surface area is 203 Å². The van der Waals surface area contributed by atoms with Crippen molar-refractivity contribution in [2.75, 3.05) is 13.7 Å². The Hall–Kier alpha value is -3.59. The van der Waals surface area contributed by atoms with E-state index < -0.39 is 0 Å². The number of hydrogen-bond donors (Lipinski definition) is 0. The molecule has 1 aromatic heterocycles. The van der Waals surface area contributed by atoms with Gasteiger partial charge in [0.05, 0.1) is 13.7 Å². The Morgan fingerprint density at radius 1 is 0.735 bits per heavy atom. The summed E-state index contributed by atoms with van der Waals surface area (Å²) < 4.78 is 11.8. The second-order valence-corrected chi connectivity index (χ2v) is 9.02. The Balaban J connectivity index is 1.46. The van der Waals surface area contributed by atoms with Crippen LogP contribution in [-0.4, -0.2) is 18.7 Å². The fraction of sp³-hybridized carbons (Fsp3) is 0.258. The van der Waals surface area contributed by atoms with E-state index >= 15 is 0 Å². The third-order valence-electron chi connectivity index (χ3n) is 6.33. The van der Waals surface area contributed by atoms with Crippen molar-refractivity contribution in [3.8, 4) is 33.8 Å². The summed E-state index contributed by atoms with van der Waals surface area (Å²) in [6, 6.07) is 27.5. The molecule has 0 saturated heterocycles. The molecule has 1 atom stereocenters. The number of para-hydroxylation sites is 1. The first-order valence-electron chi connectivity index (χ1n) is 12.0. The number of hydrogen-bond acceptors (Lipinski definition) is 3. The van der Waals surface area contributed by atoms with E-state index in [4.69, 9.17) is 9.47 Å². The average Bonchev–Trinajstić information content (AvgIpc) is 2.89. The smallest absolute Gasteiger partial charge is 0.130 e. The molecule has 0 fully saturated rings. The second kappa shape index (κ2) is 11.0. The molecule has 0 aliphatic heterocycles. The van der Waals surface area contributed by atoms with E-state index in [0.717, 1.165) is 34.6 Å². The average molecular weight is 452 g/mol. The lowest BCUT2D eigenvalue weighted by molar-refractivity contribution is 0.301. The summed E-state index contributed by atoms with van der Waals surface area (Å²) in [4.78, 5) is 4.35. The fourth-order valence-corrected chi connectivity index (χ4v) is 4.20. The molecular formula is C31H33NO2. The molecule has 3 aromatic carbocycles. The number of nitrogens with zero attached hydrogens (tertiary/aromatic N) is 1. The fourth-order valence-electron chi connectivity index (χ4n) is 4.20. The monoisotopic (exact) mass is 451 g/mol. The van der Waals surface area contributed by atoms with Gasteiger partial charge >= 0.3 is 0 Å². The first kappa shape index (κ1) is 23.6. The predicted octanol–water partition coefficient (Wildman–Crippen LogP) is 8.12. The molecule has 0 aliphatic carbocycles. The number of pyridine rings is 1. The molecule has 0 amide bonds. The lowest BCUT2D eigenvalue weighted by Gasteiger charge is -2.16. The summed E-state index contributed by atoms with van der Waals surface area (Å²) >= 11 is 0. The third kappa shape index (κ3) is 5.48. The SMILES string of the molecule is COc1ccccc1-c1cccc(C(C)CCOc2ccncc2-c2cccc(C(C)C)c2)c1. The van der Waals surface area contributed by atoms with Crippen LogP contribution in [0.2, 0.25) is 0 Å². The van der Waals surface area contributed by atoms with Gasteiger partial charge in [-0.1, -0.05) is 87.5 Å². The molecule has 34 heavy (non-hydrogen) atoms. The maximum Gasteiger partial charge on any atom is 0.130 e. The van der Waals surface area contributed by atoms with E-state index in [1.807, 2.05) is 30.5 Å². The molecule has 1 unspecified atom stereocenters. The zero-order valence-electron chi connectivity index (χ0n) is 20.5. The first-order chi connectivity index (χ1) is 16.6. The topological polar surface area (TPSA) is 31.4 Å². The normalized spacial score (nSPS) is 11.9. The quantitative estimate of drug-likeness (QED) is 0.257. The summed E-state index contributed by atoms with van der Waals surface area (Å²) in [5.74, 6) is 2.62. The molecule has 3 heteroatoms. The van der Waals surface area contributed by atoms with Crippen molar-refractivity contribution in [1.29, 1.82) is 0 Å². The van der Waals surface area contributed by atoms with Crippen LogP contribution >= 0.6 is 0 Å². The number of aromatic nitrogens is 1. The summed E-state index contributed by atoms with van der Waals surface area (Å²) in [6.07, 6.45) is 4.61. The van der Waals surface area contributed by atoms with Gasteiger partial charge in [0, 0.05) is 23.5 Å². The lowest BCUT2D eigenvalue weighted by atomic mass is 9.94. The Kier molecular flexibility index (Phi) is 7.64. The first-order valence-corrected chi connectivity index (χ1v) is 12.0. The van der Waals surface area contributed by atoms with E-state index in [2.05, 4.69) is 80.4 Å². The molecular weight excluding hydrogens is 418 g/mol. The van der Waals surface area contributed by atoms with Crippen LogP contribution in [0.5, 0.6) is 11.5 Å². The Morgan fingerprint density at radius 3 is 2.21 bits per heavy atom. The maximum absolute atomic E-state index is 6.28. The van der Waals surface area contributed by atoms with Gasteiger partial charge in [-0.3, -0.25) is 4.98 Å². The molecule has 174 valence electrons. The zero-order chi connectivity index (χ0) is 23.9. The number of methoxy groups -OCH3 is 1. The highest BCUT2D eigenvalue weighted by Gasteiger charge is 2.12. The molecule has 3 nitrogen and oxygen atoms in total. The van der Waals surface area contributed by atoms with Gasteiger partial charge in [0.25, 0.3) is 0 Å². The molecule has 0 bridgehead atoms. The molecule has 4 aromatic rings. The minimum absolute atomic E-state index is 0.365. The third-order valence-corrected chi connectivity index (χ3v) is 6.33. The minimum atomic E-state index is 0.365. The van der Waals surface area contributed by atoms with E-state index in [1.165, 1.54) is 16.7 Å². The van der Waals surface area contributed by atoms with E-state index in [9.17, 15) is 0 Å². The van der Waals surface area contributed by atoms with Gasteiger partial charge in [-0.05, 0) is 52.6 Å².